The van der Waals surface area contributed by atoms with E-state index in [1.807, 2.05) is 6.92 Å². The number of hydrogen-bond donors (Lipinski definition) is 1. The van der Waals surface area contributed by atoms with Crippen molar-refractivity contribution in [3.8, 4) is 5.75 Å². The van der Waals surface area contributed by atoms with Gasteiger partial charge in [-0.1, -0.05) is 19.1 Å². The summed E-state index contributed by atoms with van der Waals surface area (Å²) >= 11 is 0. The second kappa shape index (κ2) is 4.82. The lowest BCUT2D eigenvalue weighted by molar-refractivity contribution is 0.102. The van der Waals surface area contributed by atoms with E-state index in [-0.39, 0.29) is 12.4 Å². The van der Waals surface area contributed by atoms with Crippen LogP contribution in [0.5, 0.6) is 5.75 Å². The number of ether oxygens (including phenoxy) is 1. The molecular weight excluding hydrogens is 171 g/mol. The summed E-state index contributed by atoms with van der Waals surface area (Å²) in [7, 11) is 0. The van der Waals surface area contributed by atoms with E-state index in [9.17, 15) is 4.39 Å². The zero-order valence-electron chi connectivity index (χ0n) is 7.53. The summed E-state index contributed by atoms with van der Waals surface area (Å²) in [6, 6.07) is 6.15. The van der Waals surface area contributed by atoms with Crippen molar-refractivity contribution in [1.29, 1.82) is 0 Å². The molecule has 0 aliphatic heterocycles. The quantitative estimate of drug-likeness (QED) is 0.775. The van der Waals surface area contributed by atoms with Crippen molar-refractivity contribution in [3.05, 3.63) is 30.1 Å². The highest BCUT2D eigenvalue weighted by atomic mass is 19.1. The minimum Gasteiger partial charge on any atom is -0.488 e. The summed E-state index contributed by atoms with van der Waals surface area (Å²) < 4.78 is 18.0. The molecule has 0 amide bonds. The van der Waals surface area contributed by atoms with Crippen LogP contribution in [0.15, 0.2) is 24.3 Å². The molecule has 0 heterocycles. The van der Waals surface area contributed by atoms with Crippen molar-refractivity contribution in [2.75, 3.05) is 6.61 Å². The predicted octanol–water partition coefficient (Wildman–Crippen LogP) is 1.98. The lowest BCUT2D eigenvalue weighted by Gasteiger charge is -2.10. The van der Waals surface area contributed by atoms with E-state index < -0.39 is 11.9 Å². The second-order valence-electron chi connectivity index (χ2n) is 2.80. The molecule has 1 unspecified atom stereocenters. The van der Waals surface area contributed by atoms with Gasteiger partial charge in [0.1, 0.15) is 6.61 Å². The SMILES string of the molecule is CCC(O)COc1ccccc1F. The van der Waals surface area contributed by atoms with E-state index in [0.29, 0.717) is 6.42 Å². The number of halogens is 1. The average Bonchev–Trinajstić information content (AvgIpc) is 2.16. The molecule has 0 aromatic heterocycles. The maximum atomic E-state index is 12.9. The molecule has 1 atom stereocenters. The van der Waals surface area contributed by atoms with Crippen LogP contribution < -0.4 is 4.74 Å². The van der Waals surface area contributed by atoms with Crippen molar-refractivity contribution in [3.63, 3.8) is 0 Å². The Balaban J connectivity index is 2.50. The summed E-state index contributed by atoms with van der Waals surface area (Å²) in [5.74, 6) is -0.208. The molecule has 2 nitrogen and oxygen atoms in total. The Morgan fingerprint density at radius 1 is 1.46 bits per heavy atom. The Bertz CT molecular complexity index is 263. The van der Waals surface area contributed by atoms with Gasteiger partial charge in [-0.3, -0.25) is 0 Å². The van der Waals surface area contributed by atoms with Crippen LogP contribution in [0.3, 0.4) is 0 Å². The maximum Gasteiger partial charge on any atom is 0.165 e. The molecule has 1 aromatic carbocycles. The standard InChI is InChI=1S/C10H13FO2/c1-2-8(12)7-13-10-6-4-3-5-9(10)11/h3-6,8,12H,2,7H2,1H3. The maximum absolute atomic E-state index is 12.9. The van der Waals surface area contributed by atoms with Gasteiger partial charge in [0.15, 0.2) is 11.6 Å². The zero-order valence-corrected chi connectivity index (χ0v) is 7.53. The van der Waals surface area contributed by atoms with E-state index in [0.717, 1.165) is 0 Å². The third-order valence-corrected chi connectivity index (χ3v) is 1.74. The first-order valence-electron chi connectivity index (χ1n) is 4.29. The zero-order chi connectivity index (χ0) is 9.68. The summed E-state index contributed by atoms with van der Waals surface area (Å²) in [6.07, 6.45) is 0.0775. The van der Waals surface area contributed by atoms with Crippen molar-refractivity contribution in [2.24, 2.45) is 0 Å². The van der Waals surface area contributed by atoms with Crippen LogP contribution in [0.2, 0.25) is 0 Å². The lowest BCUT2D eigenvalue weighted by Crippen LogP contribution is -2.16. The molecule has 13 heavy (non-hydrogen) atoms. The number of benzene rings is 1. The van der Waals surface area contributed by atoms with Crippen molar-refractivity contribution in [2.45, 2.75) is 19.4 Å². The van der Waals surface area contributed by atoms with Gasteiger partial charge in [-0.2, -0.15) is 0 Å². The first-order chi connectivity index (χ1) is 6.24. The Kier molecular flexibility index (Phi) is 3.71. The molecule has 1 N–H and O–H groups in total. The Labute approximate surface area is 77.0 Å². The number of aliphatic hydroxyl groups is 1. The minimum atomic E-state index is -0.528. The van der Waals surface area contributed by atoms with Crippen molar-refractivity contribution in [1.82, 2.24) is 0 Å². The molecule has 72 valence electrons. The third kappa shape index (κ3) is 3.03. The number of para-hydroxylation sites is 1. The second-order valence-corrected chi connectivity index (χ2v) is 2.80. The van der Waals surface area contributed by atoms with E-state index in [4.69, 9.17) is 9.84 Å². The Hall–Kier alpha value is -1.09. The van der Waals surface area contributed by atoms with Gasteiger partial charge in [0.05, 0.1) is 6.10 Å². The summed E-state index contributed by atoms with van der Waals surface area (Å²) in [5, 5.41) is 9.16. The number of rotatable bonds is 4. The topological polar surface area (TPSA) is 29.5 Å². The molecule has 0 saturated carbocycles. The van der Waals surface area contributed by atoms with Gasteiger partial charge in [-0.15, -0.1) is 0 Å². The van der Waals surface area contributed by atoms with E-state index in [1.54, 1.807) is 12.1 Å². The van der Waals surface area contributed by atoms with E-state index in [2.05, 4.69) is 0 Å². The van der Waals surface area contributed by atoms with E-state index in [1.165, 1.54) is 12.1 Å². The molecule has 0 fully saturated rings. The molecule has 1 rings (SSSR count). The molecule has 0 aliphatic rings. The fraction of sp³-hybridized carbons (Fsp3) is 0.400. The van der Waals surface area contributed by atoms with Crippen LogP contribution in [-0.4, -0.2) is 17.8 Å². The lowest BCUT2D eigenvalue weighted by atomic mass is 10.3. The monoisotopic (exact) mass is 184 g/mol. The van der Waals surface area contributed by atoms with Crippen molar-refractivity contribution < 1.29 is 14.2 Å². The van der Waals surface area contributed by atoms with Gasteiger partial charge >= 0.3 is 0 Å². The summed E-state index contributed by atoms with van der Waals surface area (Å²) in [6.45, 7) is 1.98. The number of hydrogen-bond acceptors (Lipinski definition) is 2. The van der Waals surface area contributed by atoms with Gasteiger partial charge in [-0.25, -0.2) is 4.39 Å². The summed E-state index contributed by atoms with van der Waals surface area (Å²) in [5.41, 5.74) is 0. The molecular formula is C10H13FO2. The van der Waals surface area contributed by atoms with Crippen LogP contribution in [0, 0.1) is 5.82 Å². The fourth-order valence-corrected chi connectivity index (χ4v) is 0.866. The van der Waals surface area contributed by atoms with Gasteiger partial charge in [0.25, 0.3) is 0 Å². The number of aliphatic hydroxyl groups excluding tert-OH is 1. The van der Waals surface area contributed by atoms with Gasteiger partial charge < -0.3 is 9.84 Å². The molecule has 0 bridgehead atoms. The molecule has 0 aliphatic carbocycles. The van der Waals surface area contributed by atoms with Crippen LogP contribution in [0.1, 0.15) is 13.3 Å². The smallest absolute Gasteiger partial charge is 0.165 e. The van der Waals surface area contributed by atoms with Crippen molar-refractivity contribution >= 4 is 0 Å². The van der Waals surface area contributed by atoms with Gasteiger partial charge in [-0.05, 0) is 18.6 Å². The van der Waals surface area contributed by atoms with Gasteiger partial charge in [0, 0.05) is 0 Å². The Morgan fingerprint density at radius 3 is 2.77 bits per heavy atom. The van der Waals surface area contributed by atoms with E-state index >= 15 is 0 Å². The fourth-order valence-electron chi connectivity index (χ4n) is 0.866. The minimum absolute atomic E-state index is 0.136. The molecule has 0 saturated heterocycles. The first-order valence-corrected chi connectivity index (χ1v) is 4.29. The van der Waals surface area contributed by atoms with Gasteiger partial charge in [0.2, 0.25) is 0 Å². The summed E-state index contributed by atoms with van der Waals surface area (Å²) in [4.78, 5) is 0. The highest BCUT2D eigenvalue weighted by Gasteiger charge is 2.04. The Morgan fingerprint density at radius 2 is 2.15 bits per heavy atom. The highest BCUT2D eigenvalue weighted by Crippen LogP contribution is 2.15. The van der Waals surface area contributed by atoms with Crippen LogP contribution in [-0.2, 0) is 0 Å². The molecule has 3 heteroatoms. The third-order valence-electron chi connectivity index (χ3n) is 1.74. The van der Waals surface area contributed by atoms with Crippen LogP contribution >= 0.6 is 0 Å². The van der Waals surface area contributed by atoms with Crippen LogP contribution in [0.25, 0.3) is 0 Å². The predicted molar refractivity (Wildman–Crippen MR) is 48.2 cm³/mol. The first kappa shape index (κ1) is 9.99. The normalized spacial score (nSPS) is 12.5. The highest BCUT2D eigenvalue weighted by molar-refractivity contribution is 5.23. The molecule has 0 radical (unpaired) electrons. The van der Waals surface area contributed by atoms with Crippen LogP contribution in [0.4, 0.5) is 4.39 Å². The average molecular weight is 184 g/mol. The molecule has 1 aromatic rings. The molecule has 0 spiro atoms. The largest absolute Gasteiger partial charge is 0.488 e.